The summed E-state index contributed by atoms with van der Waals surface area (Å²) in [5.74, 6) is 0.513. The zero-order valence-electron chi connectivity index (χ0n) is 8.71. The monoisotopic (exact) mass is 197 g/mol. The van der Waals surface area contributed by atoms with Crippen molar-refractivity contribution in [2.24, 2.45) is 5.73 Å². The fourth-order valence-corrected chi connectivity index (χ4v) is 2.50. The molecule has 0 saturated heterocycles. The van der Waals surface area contributed by atoms with Gasteiger partial charge in [-0.05, 0) is 25.5 Å². The quantitative estimate of drug-likeness (QED) is 0.787. The van der Waals surface area contributed by atoms with Crippen LogP contribution in [0.3, 0.4) is 0 Å². The van der Waals surface area contributed by atoms with Gasteiger partial charge in [0.2, 0.25) is 0 Å². The van der Waals surface area contributed by atoms with E-state index in [9.17, 15) is 0 Å². The Balaban J connectivity index is 2.61. The molecule has 0 radical (unpaired) electrons. The first-order valence-corrected chi connectivity index (χ1v) is 5.78. The summed E-state index contributed by atoms with van der Waals surface area (Å²) in [6, 6.07) is 4.71. The minimum atomic E-state index is 0.322. The summed E-state index contributed by atoms with van der Waals surface area (Å²) in [5, 5.41) is 0. The molecule has 1 aromatic rings. The Morgan fingerprint density at radius 3 is 2.62 bits per heavy atom. The fraction of sp³-hybridized carbons (Fsp3) is 0.636. The number of hydrogen-bond donors (Lipinski definition) is 1. The first-order valence-electron chi connectivity index (χ1n) is 4.97. The van der Waals surface area contributed by atoms with Crippen LogP contribution >= 0.6 is 11.3 Å². The van der Waals surface area contributed by atoms with E-state index >= 15 is 0 Å². The lowest BCUT2D eigenvalue weighted by Crippen LogP contribution is -2.25. The van der Waals surface area contributed by atoms with Gasteiger partial charge in [-0.2, -0.15) is 0 Å². The van der Waals surface area contributed by atoms with E-state index in [0.717, 1.165) is 6.42 Å². The van der Waals surface area contributed by atoms with Gasteiger partial charge in [0.15, 0.2) is 0 Å². The van der Waals surface area contributed by atoms with Crippen LogP contribution in [0.4, 0.5) is 0 Å². The average molecular weight is 197 g/mol. The van der Waals surface area contributed by atoms with Gasteiger partial charge in [0.25, 0.3) is 0 Å². The first kappa shape index (κ1) is 10.7. The van der Waals surface area contributed by atoms with Crippen LogP contribution in [0.5, 0.6) is 0 Å². The smallest absolute Gasteiger partial charge is 0.0113 e. The summed E-state index contributed by atoms with van der Waals surface area (Å²) in [5.41, 5.74) is 6.08. The number of rotatable bonds is 4. The molecule has 13 heavy (non-hydrogen) atoms. The van der Waals surface area contributed by atoms with E-state index < -0.39 is 0 Å². The van der Waals surface area contributed by atoms with Crippen LogP contribution < -0.4 is 5.73 Å². The van der Waals surface area contributed by atoms with Gasteiger partial charge in [0.05, 0.1) is 0 Å². The highest BCUT2D eigenvalue weighted by Gasteiger charge is 2.14. The molecule has 0 saturated carbocycles. The maximum atomic E-state index is 6.08. The standard InChI is InChI=1S/C11H19NS/c1-4-5-10(12)9(3)11-7-6-8(2)13-11/h6-7,9-10H,4-5,12H2,1-3H3. The van der Waals surface area contributed by atoms with Gasteiger partial charge in [-0.3, -0.25) is 0 Å². The summed E-state index contributed by atoms with van der Waals surface area (Å²) in [6.07, 6.45) is 2.30. The van der Waals surface area contributed by atoms with E-state index in [1.807, 2.05) is 11.3 Å². The van der Waals surface area contributed by atoms with E-state index in [0.29, 0.717) is 12.0 Å². The number of hydrogen-bond acceptors (Lipinski definition) is 2. The Kier molecular flexibility index (Phi) is 3.94. The second kappa shape index (κ2) is 4.77. The highest BCUT2D eigenvalue weighted by molar-refractivity contribution is 7.12. The zero-order valence-corrected chi connectivity index (χ0v) is 9.53. The molecule has 0 amide bonds. The number of nitrogens with two attached hydrogens (primary N) is 1. The van der Waals surface area contributed by atoms with Crippen molar-refractivity contribution < 1.29 is 0 Å². The Bertz CT molecular complexity index is 254. The van der Waals surface area contributed by atoms with Gasteiger partial charge in [-0.25, -0.2) is 0 Å². The van der Waals surface area contributed by atoms with Crippen LogP contribution in [-0.2, 0) is 0 Å². The van der Waals surface area contributed by atoms with Crippen molar-refractivity contribution in [3.05, 3.63) is 21.9 Å². The molecule has 0 aliphatic rings. The molecule has 0 aromatic carbocycles. The predicted molar refractivity (Wildman–Crippen MR) is 60.4 cm³/mol. The first-order chi connectivity index (χ1) is 6.15. The van der Waals surface area contributed by atoms with Crippen molar-refractivity contribution >= 4 is 11.3 Å². The summed E-state index contributed by atoms with van der Waals surface area (Å²) >= 11 is 1.87. The summed E-state index contributed by atoms with van der Waals surface area (Å²) in [4.78, 5) is 2.81. The van der Waals surface area contributed by atoms with Crippen molar-refractivity contribution in [1.82, 2.24) is 0 Å². The molecule has 2 N–H and O–H groups in total. The topological polar surface area (TPSA) is 26.0 Å². The van der Waals surface area contributed by atoms with E-state index in [2.05, 4.69) is 32.9 Å². The maximum absolute atomic E-state index is 6.08. The van der Waals surface area contributed by atoms with Crippen molar-refractivity contribution in [3.63, 3.8) is 0 Å². The van der Waals surface area contributed by atoms with E-state index in [1.165, 1.54) is 16.2 Å². The molecule has 0 spiro atoms. The van der Waals surface area contributed by atoms with E-state index in [-0.39, 0.29) is 0 Å². The zero-order chi connectivity index (χ0) is 9.84. The van der Waals surface area contributed by atoms with E-state index in [1.54, 1.807) is 0 Å². The Hall–Kier alpha value is -0.340. The van der Waals surface area contributed by atoms with Crippen LogP contribution in [0.15, 0.2) is 12.1 Å². The Morgan fingerprint density at radius 2 is 2.15 bits per heavy atom. The lowest BCUT2D eigenvalue weighted by molar-refractivity contribution is 0.528. The largest absolute Gasteiger partial charge is 0.327 e. The molecule has 1 heterocycles. The van der Waals surface area contributed by atoms with E-state index in [4.69, 9.17) is 5.73 Å². The second-order valence-electron chi connectivity index (χ2n) is 3.69. The molecule has 2 unspecified atom stereocenters. The average Bonchev–Trinajstić information content (AvgIpc) is 2.51. The molecular weight excluding hydrogens is 178 g/mol. The Labute approximate surface area is 85.0 Å². The molecule has 1 rings (SSSR count). The maximum Gasteiger partial charge on any atom is 0.0113 e. The highest BCUT2D eigenvalue weighted by Crippen LogP contribution is 2.27. The van der Waals surface area contributed by atoms with Crippen LogP contribution in [0.2, 0.25) is 0 Å². The van der Waals surface area contributed by atoms with Gasteiger partial charge in [0, 0.05) is 21.7 Å². The normalized spacial score (nSPS) is 15.7. The summed E-state index contributed by atoms with van der Waals surface area (Å²) in [7, 11) is 0. The molecule has 2 atom stereocenters. The third-order valence-electron chi connectivity index (χ3n) is 2.47. The SMILES string of the molecule is CCCC(N)C(C)c1ccc(C)s1. The Morgan fingerprint density at radius 1 is 1.46 bits per heavy atom. The molecule has 0 aliphatic carbocycles. The fourth-order valence-electron chi connectivity index (χ4n) is 1.49. The predicted octanol–water partition coefficient (Wildman–Crippen LogP) is 3.29. The van der Waals surface area contributed by atoms with Crippen LogP contribution in [0, 0.1) is 6.92 Å². The van der Waals surface area contributed by atoms with Gasteiger partial charge < -0.3 is 5.73 Å². The lowest BCUT2D eigenvalue weighted by Gasteiger charge is -2.17. The van der Waals surface area contributed by atoms with Crippen molar-refractivity contribution in [1.29, 1.82) is 0 Å². The van der Waals surface area contributed by atoms with Crippen molar-refractivity contribution in [2.45, 2.75) is 45.6 Å². The summed E-state index contributed by atoms with van der Waals surface area (Å²) < 4.78 is 0. The van der Waals surface area contributed by atoms with Gasteiger partial charge in [-0.15, -0.1) is 11.3 Å². The third-order valence-corrected chi connectivity index (χ3v) is 3.68. The third kappa shape index (κ3) is 2.82. The van der Waals surface area contributed by atoms with Crippen LogP contribution in [0.1, 0.15) is 42.4 Å². The van der Waals surface area contributed by atoms with Gasteiger partial charge >= 0.3 is 0 Å². The molecule has 1 nitrogen and oxygen atoms in total. The van der Waals surface area contributed by atoms with Gasteiger partial charge in [-0.1, -0.05) is 20.3 Å². The molecule has 0 bridgehead atoms. The number of aryl methyl sites for hydroxylation is 1. The molecule has 0 fully saturated rings. The minimum absolute atomic E-state index is 0.322. The summed E-state index contributed by atoms with van der Waals surface area (Å²) in [6.45, 7) is 6.56. The molecular formula is C11H19NS. The minimum Gasteiger partial charge on any atom is -0.327 e. The number of thiophene rings is 1. The lowest BCUT2D eigenvalue weighted by atomic mass is 9.97. The van der Waals surface area contributed by atoms with Crippen LogP contribution in [0.25, 0.3) is 0 Å². The molecule has 0 aliphatic heterocycles. The van der Waals surface area contributed by atoms with Crippen molar-refractivity contribution in [3.8, 4) is 0 Å². The molecule has 1 aromatic heterocycles. The molecule has 74 valence electrons. The van der Waals surface area contributed by atoms with Gasteiger partial charge in [0.1, 0.15) is 0 Å². The van der Waals surface area contributed by atoms with Crippen LogP contribution in [-0.4, -0.2) is 6.04 Å². The highest BCUT2D eigenvalue weighted by atomic mass is 32.1. The second-order valence-corrected chi connectivity index (χ2v) is 5.01. The van der Waals surface area contributed by atoms with Crippen molar-refractivity contribution in [2.75, 3.05) is 0 Å². The molecule has 2 heteroatoms.